The normalized spacial score (nSPS) is 16.0. The van der Waals surface area contributed by atoms with Gasteiger partial charge in [-0.05, 0) is 12.3 Å². The quantitative estimate of drug-likeness (QED) is 0.177. The SMILES string of the molecule is CCC(C)[C@H](N)C(=O)N[C@H](CCC(=O)C[C@H](CSC[C@H](N)C(=O)O)C(=O)O)C(=O)O. The second-order valence-corrected chi connectivity index (χ2v) is 8.18. The monoisotopic (exact) mass is 449 g/mol. The van der Waals surface area contributed by atoms with E-state index in [0.29, 0.717) is 6.42 Å². The topological polar surface area (TPSA) is 210 Å². The highest BCUT2D eigenvalue weighted by Crippen LogP contribution is 2.16. The number of aliphatic carboxylic acids is 3. The first-order valence-corrected chi connectivity index (χ1v) is 10.6. The van der Waals surface area contributed by atoms with Crippen LogP contribution in [0.3, 0.4) is 0 Å². The van der Waals surface area contributed by atoms with Crippen LogP contribution in [-0.2, 0) is 24.0 Å². The molecular weight excluding hydrogens is 418 g/mol. The summed E-state index contributed by atoms with van der Waals surface area (Å²) in [7, 11) is 0. The van der Waals surface area contributed by atoms with Crippen LogP contribution in [0, 0.1) is 11.8 Å². The second kappa shape index (κ2) is 13.9. The number of carbonyl (C=O) groups is 5. The van der Waals surface area contributed by atoms with Crippen LogP contribution in [0.1, 0.15) is 39.5 Å². The van der Waals surface area contributed by atoms with Crippen molar-refractivity contribution in [1.82, 2.24) is 5.32 Å². The standard InChI is InChI=1S/C18H31N3O8S/c1-3-9(2)14(20)15(23)21-13(18(28)29)5-4-11(22)6-10(16(24)25)7-30-8-12(19)17(26)27/h9-10,12-14H,3-8,19-20H2,1-2H3,(H,21,23)(H,24,25)(H,26,27)(H,28,29)/t9?,10-,12+,13-,14+/m1/s1. The van der Waals surface area contributed by atoms with Gasteiger partial charge in [0.05, 0.1) is 12.0 Å². The molecule has 0 aliphatic heterocycles. The summed E-state index contributed by atoms with van der Waals surface area (Å²) in [5, 5.41) is 29.5. The lowest BCUT2D eigenvalue weighted by Crippen LogP contribution is -2.50. The fraction of sp³-hybridized carbons (Fsp3) is 0.722. The Balaban J connectivity index is 4.68. The fourth-order valence-corrected chi connectivity index (χ4v) is 3.42. The van der Waals surface area contributed by atoms with Gasteiger partial charge in [0.1, 0.15) is 17.9 Å². The van der Waals surface area contributed by atoms with Crippen molar-refractivity contribution >= 4 is 41.4 Å². The summed E-state index contributed by atoms with van der Waals surface area (Å²) < 4.78 is 0. The number of carboxylic acids is 3. The molecular formula is C18H31N3O8S. The van der Waals surface area contributed by atoms with Crippen LogP contribution < -0.4 is 16.8 Å². The largest absolute Gasteiger partial charge is 0.481 e. The number of rotatable bonds is 16. The third-order valence-electron chi connectivity index (χ3n) is 4.64. The number of carboxylic acid groups (broad SMARTS) is 3. The Morgan fingerprint density at radius 3 is 2.03 bits per heavy atom. The van der Waals surface area contributed by atoms with Gasteiger partial charge in [0.15, 0.2) is 0 Å². The van der Waals surface area contributed by atoms with Crippen molar-refractivity contribution < 1.29 is 39.3 Å². The third-order valence-corrected chi connectivity index (χ3v) is 5.88. The van der Waals surface area contributed by atoms with Gasteiger partial charge in [-0.1, -0.05) is 20.3 Å². The Morgan fingerprint density at radius 1 is 0.967 bits per heavy atom. The lowest BCUT2D eigenvalue weighted by atomic mass is 9.98. The molecule has 0 aromatic carbocycles. The zero-order chi connectivity index (χ0) is 23.4. The fourth-order valence-electron chi connectivity index (χ4n) is 2.35. The van der Waals surface area contributed by atoms with Gasteiger partial charge < -0.3 is 32.1 Å². The molecule has 0 aliphatic carbocycles. The molecule has 0 saturated heterocycles. The molecule has 0 heterocycles. The molecule has 1 amide bonds. The predicted octanol–water partition coefficient (Wildman–Crippen LogP) is -0.485. The van der Waals surface area contributed by atoms with Crippen molar-refractivity contribution in [3.63, 3.8) is 0 Å². The molecule has 11 nitrogen and oxygen atoms in total. The Labute approximate surface area is 178 Å². The molecule has 12 heteroatoms. The molecule has 0 rings (SSSR count). The minimum absolute atomic E-state index is 0.00311. The van der Waals surface area contributed by atoms with Gasteiger partial charge in [-0.25, -0.2) is 4.79 Å². The number of Topliss-reactive ketones (excluding diaryl/α,β-unsaturated/α-hetero) is 1. The predicted molar refractivity (Wildman–Crippen MR) is 110 cm³/mol. The second-order valence-electron chi connectivity index (χ2n) is 7.11. The molecule has 1 unspecified atom stereocenters. The molecule has 0 radical (unpaired) electrons. The van der Waals surface area contributed by atoms with Crippen LogP contribution in [0.4, 0.5) is 0 Å². The van der Waals surface area contributed by atoms with E-state index in [1.165, 1.54) is 0 Å². The van der Waals surface area contributed by atoms with Crippen LogP contribution in [0.25, 0.3) is 0 Å². The van der Waals surface area contributed by atoms with Crippen molar-refractivity contribution in [2.75, 3.05) is 11.5 Å². The minimum atomic E-state index is -1.32. The van der Waals surface area contributed by atoms with E-state index >= 15 is 0 Å². The number of carbonyl (C=O) groups excluding carboxylic acids is 2. The number of amides is 1. The van der Waals surface area contributed by atoms with E-state index in [1.807, 2.05) is 6.92 Å². The summed E-state index contributed by atoms with van der Waals surface area (Å²) in [6, 6.07) is -3.33. The van der Waals surface area contributed by atoms with E-state index in [-0.39, 0.29) is 36.7 Å². The van der Waals surface area contributed by atoms with Crippen LogP contribution >= 0.6 is 11.8 Å². The van der Waals surface area contributed by atoms with Crippen LogP contribution in [0.5, 0.6) is 0 Å². The Bertz CT molecular complexity index is 631. The molecule has 172 valence electrons. The van der Waals surface area contributed by atoms with E-state index < -0.39 is 53.6 Å². The zero-order valence-electron chi connectivity index (χ0n) is 17.1. The average molecular weight is 450 g/mol. The average Bonchev–Trinajstić information content (AvgIpc) is 2.67. The first-order chi connectivity index (χ1) is 13.9. The molecule has 30 heavy (non-hydrogen) atoms. The molecule has 0 fully saturated rings. The molecule has 0 saturated carbocycles. The Morgan fingerprint density at radius 2 is 1.57 bits per heavy atom. The lowest BCUT2D eigenvalue weighted by molar-refractivity contribution is -0.144. The summed E-state index contributed by atoms with van der Waals surface area (Å²) in [6.07, 6.45) is -0.135. The maximum Gasteiger partial charge on any atom is 0.326 e. The maximum atomic E-state index is 12.1. The summed E-state index contributed by atoms with van der Waals surface area (Å²) in [5.41, 5.74) is 11.1. The van der Waals surface area contributed by atoms with E-state index in [0.717, 1.165) is 11.8 Å². The molecule has 0 bridgehead atoms. The van der Waals surface area contributed by atoms with Crippen LogP contribution in [0.2, 0.25) is 0 Å². The van der Waals surface area contributed by atoms with E-state index in [4.69, 9.17) is 16.6 Å². The maximum absolute atomic E-state index is 12.1. The van der Waals surface area contributed by atoms with Gasteiger partial charge >= 0.3 is 17.9 Å². The molecule has 5 atom stereocenters. The Hall–Kier alpha value is -2.18. The van der Waals surface area contributed by atoms with Gasteiger partial charge in [-0.15, -0.1) is 0 Å². The van der Waals surface area contributed by atoms with Crippen molar-refractivity contribution in [3.05, 3.63) is 0 Å². The van der Waals surface area contributed by atoms with Gasteiger partial charge in [-0.2, -0.15) is 11.8 Å². The smallest absolute Gasteiger partial charge is 0.326 e. The third kappa shape index (κ3) is 10.6. The summed E-state index contributed by atoms with van der Waals surface area (Å²) in [6.45, 7) is 3.61. The van der Waals surface area contributed by atoms with Crippen molar-refractivity contribution in [2.24, 2.45) is 23.3 Å². The van der Waals surface area contributed by atoms with Crippen molar-refractivity contribution in [3.8, 4) is 0 Å². The van der Waals surface area contributed by atoms with Crippen molar-refractivity contribution in [1.29, 1.82) is 0 Å². The molecule has 0 aliphatic rings. The summed E-state index contributed by atoms with van der Waals surface area (Å²) in [5.74, 6) is -6.06. The van der Waals surface area contributed by atoms with Gasteiger partial charge in [-0.3, -0.25) is 19.2 Å². The van der Waals surface area contributed by atoms with E-state index in [9.17, 15) is 34.2 Å². The molecule has 0 spiro atoms. The van der Waals surface area contributed by atoms with Gasteiger partial charge in [0.2, 0.25) is 5.91 Å². The van der Waals surface area contributed by atoms with E-state index in [2.05, 4.69) is 5.32 Å². The number of hydrogen-bond donors (Lipinski definition) is 6. The van der Waals surface area contributed by atoms with Crippen LogP contribution in [0.15, 0.2) is 0 Å². The highest BCUT2D eigenvalue weighted by Gasteiger charge is 2.27. The zero-order valence-corrected chi connectivity index (χ0v) is 17.9. The highest BCUT2D eigenvalue weighted by molar-refractivity contribution is 7.99. The number of hydrogen-bond acceptors (Lipinski definition) is 8. The first kappa shape index (κ1) is 27.8. The van der Waals surface area contributed by atoms with Gasteiger partial charge in [0.25, 0.3) is 0 Å². The number of nitrogens with one attached hydrogen (secondary N) is 1. The molecule has 0 aromatic rings. The Kier molecular flexibility index (Phi) is 12.9. The number of ketones is 1. The molecule has 8 N–H and O–H groups in total. The summed E-state index contributed by atoms with van der Waals surface area (Å²) in [4.78, 5) is 57.6. The minimum Gasteiger partial charge on any atom is -0.481 e. The van der Waals surface area contributed by atoms with Gasteiger partial charge in [0, 0.05) is 24.3 Å². The lowest BCUT2D eigenvalue weighted by Gasteiger charge is -2.21. The van der Waals surface area contributed by atoms with Crippen molar-refractivity contribution in [2.45, 2.75) is 57.7 Å². The van der Waals surface area contributed by atoms with E-state index in [1.54, 1.807) is 6.92 Å². The summed E-state index contributed by atoms with van der Waals surface area (Å²) >= 11 is 1.01. The first-order valence-electron chi connectivity index (χ1n) is 9.49. The van der Waals surface area contributed by atoms with Crippen LogP contribution in [-0.4, -0.2) is 74.5 Å². The number of thioether (sulfide) groups is 1. The number of nitrogens with two attached hydrogens (primary N) is 2. The highest BCUT2D eigenvalue weighted by atomic mass is 32.2. The molecule has 0 aromatic heterocycles.